The molecule has 1 atom stereocenters. The first-order valence-corrected chi connectivity index (χ1v) is 9.79. The molecule has 0 aliphatic heterocycles. The van der Waals surface area contributed by atoms with Crippen molar-refractivity contribution in [3.63, 3.8) is 0 Å². The largest absolute Gasteiger partial charge is 0.504 e. The predicted molar refractivity (Wildman–Crippen MR) is 130 cm³/mol. The number of aromatic hydroxyl groups is 2. The first-order valence-electron chi connectivity index (χ1n) is 9.79. The van der Waals surface area contributed by atoms with E-state index in [1.54, 1.807) is 6.07 Å². The standard InChI is InChI=1S/C22H32N2O3.2BrH/c25-20(12-16-24-14-10-18-5-2-1-3-6-18)7-4-13-23-15-11-19-8-9-21(26)22(27)17-19;;/h1-3,5-6,8-9,17,20,23-27H,4,7,10-16H2;2*1H. The van der Waals surface area contributed by atoms with Crippen LogP contribution in [0.4, 0.5) is 0 Å². The SMILES string of the molecule is Br.Br.Oc1ccc(CCNCCCC(O)CCNCCc2ccccc2)cc1O. The van der Waals surface area contributed by atoms with Crippen molar-refractivity contribution < 1.29 is 15.3 Å². The summed E-state index contributed by atoms with van der Waals surface area (Å²) in [6, 6.07) is 15.3. The molecule has 0 heterocycles. The van der Waals surface area contributed by atoms with Gasteiger partial charge in [0.25, 0.3) is 0 Å². The lowest BCUT2D eigenvalue weighted by molar-refractivity contribution is 0.151. The third-order valence-corrected chi connectivity index (χ3v) is 4.61. The normalized spacial score (nSPS) is 11.3. The number of benzene rings is 2. The van der Waals surface area contributed by atoms with Gasteiger partial charge in [0, 0.05) is 0 Å². The highest BCUT2D eigenvalue weighted by Gasteiger charge is 2.04. The van der Waals surface area contributed by atoms with E-state index in [1.807, 2.05) is 12.1 Å². The summed E-state index contributed by atoms with van der Waals surface area (Å²) in [6.45, 7) is 3.45. The van der Waals surface area contributed by atoms with Crippen LogP contribution in [-0.4, -0.2) is 47.6 Å². The molecule has 0 aromatic heterocycles. The minimum Gasteiger partial charge on any atom is -0.504 e. The number of aliphatic hydroxyl groups excluding tert-OH is 1. The topological polar surface area (TPSA) is 84.8 Å². The van der Waals surface area contributed by atoms with E-state index in [1.165, 1.54) is 11.6 Å². The van der Waals surface area contributed by atoms with Gasteiger partial charge in [-0.2, -0.15) is 0 Å². The maximum absolute atomic E-state index is 10.0. The Morgan fingerprint density at radius 3 is 2.03 bits per heavy atom. The maximum Gasteiger partial charge on any atom is 0.157 e. The van der Waals surface area contributed by atoms with Crippen LogP contribution in [0, 0.1) is 0 Å². The van der Waals surface area contributed by atoms with Crippen molar-refractivity contribution in [2.45, 2.75) is 38.2 Å². The van der Waals surface area contributed by atoms with E-state index >= 15 is 0 Å². The molecule has 0 fully saturated rings. The predicted octanol–water partition coefficient (Wildman–Crippen LogP) is 3.75. The van der Waals surface area contributed by atoms with Crippen LogP contribution in [-0.2, 0) is 12.8 Å². The van der Waals surface area contributed by atoms with Crippen LogP contribution in [0.2, 0.25) is 0 Å². The fourth-order valence-corrected chi connectivity index (χ4v) is 2.96. The number of phenols is 2. The smallest absolute Gasteiger partial charge is 0.157 e. The van der Waals surface area contributed by atoms with E-state index < -0.39 is 0 Å². The fraction of sp³-hybridized carbons (Fsp3) is 0.455. The van der Waals surface area contributed by atoms with E-state index in [-0.39, 0.29) is 51.6 Å². The first-order chi connectivity index (χ1) is 13.1. The van der Waals surface area contributed by atoms with Gasteiger partial charge in [-0.15, -0.1) is 34.0 Å². The molecule has 5 N–H and O–H groups in total. The number of hydrogen-bond acceptors (Lipinski definition) is 5. The van der Waals surface area contributed by atoms with E-state index in [9.17, 15) is 15.3 Å². The highest BCUT2D eigenvalue weighted by atomic mass is 79.9. The summed E-state index contributed by atoms with van der Waals surface area (Å²) in [5.41, 5.74) is 2.32. The second kappa shape index (κ2) is 16.7. The van der Waals surface area contributed by atoms with E-state index in [0.717, 1.165) is 63.8 Å². The van der Waals surface area contributed by atoms with Crippen molar-refractivity contribution in [2.24, 2.45) is 0 Å². The lowest BCUT2D eigenvalue weighted by Crippen LogP contribution is -2.24. The minimum atomic E-state index is -0.259. The highest BCUT2D eigenvalue weighted by molar-refractivity contribution is 8.93. The monoisotopic (exact) mass is 532 g/mol. The van der Waals surface area contributed by atoms with Crippen LogP contribution in [0.1, 0.15) is 30.4 Å². The summed E-state index contributed by atoms with van der Waals surface area (Å²) >= 11 is 0. The number of hydrogen-bond donors (Lipinski definition) is 5. The zero-order valence-electron chi connectivity index (χ0n) is 16.7. The van der Waals surface area contributed by atoms with Gasteiger partial charge >= 0.3 is 0 Å². The van der Waals surface area contributed by atoms with E-state index in [4.69, 9.17) is 0 Å². The molecule has 0 spiro atoms. The lowest BCUT2D eigenvalue weighted by Gasteiger charge is -2.12. The zero-order valence-corrected chi connectivity index (χ0v) is 20.1. The Hall–Kier alpha value is -1.12. The minimum absolute atomic E-state index is 0. The Bertz CT molecular complexity index is 660. The van der Waals surface area contributed by atoms with Gasteiger partial charge in [-0.05, 0) is 81.5 Å². The first kappa shape index (κ1) is 27.9. The Morgan fingerprint density at radius 2 is 1.34 bits per heavy atom. The quantitative estimate of drug-likeness (QED) is 0.200. The average Bonchev–Trinajstić information content (AvgIpc) is 2.68. The molecule has 0 saturated carbocycles. The van der Waals surface area contributed by atoms with Gasteiger partial charge in [-0.1, -0.05) is 36.4 Å². The molecule has 7 heteroatoms. The van der Waals surface area contributed by atoms with E-state index in [2.05, 4.69) is 34.9 Å². The van der Waals surface area contributed by atoms with Crippen LogP contribution in [0.15, 0.2) is 48.5 Å². The number of aliphatic hydroxyl groups is 1. The molecule has 0 amide bonds. The fourth-order valence-electron chi connectivity index (χ4n) is 2.96. The number of rotatable bonds is 13. The van der Waals surface area contributed by atoms with Crippen LogP contribution >= 0.6 is 34.0 Å². The molecular formula is C22H34Br2N2O3. The van der Waals surface area contributed by atoms with Crippen LogP contribution in [0.5, 0.6) is 11.5 Å². The molecule has 1 unspecified atom stereocenters. The van der Waals surface area contributed by atoms with Gasteiger partial charge in [-0.25, -0.2) is 0 Å². The van der Waals surface area contributed by atoms with Crippen molar-refractivity contribution in [3.05, 3.63) is 59.7 Å². The molecule has 0 bridgehead atoms. The third kappa shape index (κ3) is 12.2. The van der Waals surface area contributed by atoms with Crippen LogP contribution in [0.3, 0.4) is 0 Å². The molecule has 0 aliphatic carbocycles. The van der Waals surface area contributed by atoms with Gasteiger partial charge in [0.1, 0.15) is 0 Å². The Morgan fingerprint density at radius 1 is 0.690 bits per heavy atom. The average molecular weight is 534 g/mol. The summed E-state index contributed by atoms with van der Waals surface area (Å²) in [5.74, 6) is -0.164. The van der Waals surface area contributed by atoms with Gasteiger partial charge in [0.05, 0.1) is 6.10 Å². The molecule has 2 aromatic rings. The van der Waals surface area contributed by atoms with Gasteiger partial charge < -0.3 is 26.0 Å². The third-order valence-electron chi connectivity index (χ3n) is 4.61. The lowest BCUT2D eigenvalue weighted by atomic mass is 10.1. The molecular weight excluding hydrogens is 500 g/mol. The number of halogens is 2. The van der Waals surface area contributed by atoms with Crippen molar-refractivity contribution >= 4 is 34.0 Å². The van der Waals surface area contributed by atoms with Crippen molar-refractivity contribution in [2.75, 3.05) is 26.2 Å². The number of nitrogens with one attached hydrogen (secondary N) is 2. The zero-order chi connectivity index (χ0) is 19.3. The van der Waals surface area contributed by atoms with Crippen LogP contribution < -0.4 is 10.6 Å². The Labute approximate surface area is 195 Å². The second-order valence-electron chi connectivity index (χ2n) is 6.89. The van der Waals surface area contributed by atoms with Gasteiger partial charge in [-0.3, -0.25) is 0 Å². The Balaban J connectivity index is 0.00000392. The molecule has 2 aromatic carbocycles. The molecule has 0 radical (unpaired) electrons. The molecule has 2 rings (SSSR count). The molecule has 29 heavy (non-hydrogen) atoms. The summed E-state index contributed by atoms with van der Waals surface area (Å²) in [4.78, 5) is 0. The van der Waals surface area contributed by atoms with E-state index in [0.29, 0.717) is 0 Å². The molecule has 0 saturated heterocycles. The van der Waals surface area contributed by atoms with Crippen molar-refractivity contribution in [3.8, 4) is 11.5 Å². The van der Waals surface area contributed by atoms with Gasteiger partial charge in [0.15, 0.2) is 11.5 Å². The maximum atomic E-state index is 10.0. The van der Waals surface area contributed by atoms with Crippen molar-refractivity contribution in [1.29, 1.82) is 0 Å². The summed E-state index contributed by atoms with van der Waals surface area (Å²) in [6.07, 6.45) is 4.06. The highest BCUT2D eigenvalue weighted by Crippen LogP contribution is 2.24. The molecule has 5 nitrogen and oxygen atoms in total. The van der Waals surface area contributed by atoms with Crippen LogP contribution in [0.25, 0.3) is 0 Å². The second-order valence-corrected chi connectivity index (χ2v) is 6.89. The summed E-state index contributed by atoms with van der Waals surface area (Å²) in [7, 11) is 0. The van der Waals surface area contributed by atoms with Crippen molar-refractivity contribution in [1.82, 2.24) is 10.6 Å². The summed E-state index contributed by atoms with van der Waals surface area (Å²) < 4.78 is 0. The summed E-state index contributed by atoms with van der Waals surface area (Å²) in [5, 5.41) is 35.5. The number of phenolic OH excluding ortho intramolecular Hbond substituents is 2. The van der Waals surface area contributed by atoms with Gasteiger partial charge in [0.2, 0.25) is 0 Å². The molecule has 164 valence electrons. The molecule has 0 aliphatic rings. The Kier molecular flexibility index (Phi) is 16.0.